The minimum absolute atomic E-state index is 0.0723. The van der Waals surface area contributed by atoms with E-state index in [1.807, 2.05) is 48.5 Å². The lowest BCUT2D eigenvalue weighted by Gasteiger charge is -2.08. The first kappa shape index (κ1) is 16.0. The van der Waals surface area contributed by atoms with E-state index >= 15 is 0 Å². The van der Waals surface area contributed by atoms with Crippen molar-refractivity contribution in [2.24, 2.45) is 0 Å². The molecule has 3 rings (SSSR count). The smallest absolute Gasteiger partial charge is 0.238 e. The van der Waals surface area contributed by atoms with E-state index in [4.69, 9.17) is 4.74 Å². The highest BCUT2D eigenvalue weighted by atomic mass is 16.5. The number of nitrogens with one attached hydrogen (secondary N) is 2. The molecular formula is C19H19N3O2. The van der Waals surface area contributed by atoms with Gasteiger partial charge >= 0.3 is 0 Å². The Hall–Kier alpha value is -2.92. The quantitative estimate of drug-likeness (QED) is 0.733. The summed E-state index contributed by atoms with van der Waals surface area (Å²) < 4.78 is 5.12. The zero-order valence-electron chi connectivity index (χ0n) is 13.5. The lowest BCUT2D eigenvalue weighted by Crippen LogP contribution is -2.27. The van der Waals surface area contributed by atoms with Crippen molar-refractivity contribution in [1.82, 2.24) is 10.3 Å². The Morgan fingerprint density at radius 3 is 2.71 bits per heavy atom. The van der Waals surface area contributed by atoms with Crippen LogP contribution in [-0.2, 0) is 11.3 Å². The minimum atomic E-state index is -0.0723. The highest BCUT2D eigenvalue weighted by molar-refractivity contribution is 5.95. The zero-order chi connectivity index (χ0) is 16.8. The molecule has 1 amide bonds. The van der Waals surface area contributed by atoms with Crippen LogP contribution >= 0.6 is 0 Å². The Morgan fingerprint density at radius 1 is 1.08 bits per heavy atom. The topological polar surface area (TPSA) is 63.2 Å². The number of amides is 1. The summed E-state index contributed by atoms with van der Waals surface area (Å²) in [6.07, 6.45) is 3.54. The average molecular weight is 321 g/mol. The first-order valence-electron chi connectivity index (χ1n) is 7.72. The summed E-state index contributed by atoms with van der Waals surface area (Å²) in [5.74, 6) is 0.750. The maximum absolute atomic E-state index is 12.0. The van der Waals surface area contributed by atoms with Gasteiger partial charge in [-0.25, -0.2) is 0 Å². The van der Waals surface area contributed by atoms with Crippen LogP contribution in [0.15, 0.2) is 60.9 Å². The van der Waals surface area contributed by atoms with Crippen LogP contribution in [-0.4, -0.2) is 24.5 Å². The zero-order valence-corrected chi connectivity index (χ0v) is 13.5. The molecule has 1 aromatic heterocycles. The van der Waals surface area contributed by atoms with Crippen molar-refractivity contribution in [1.29, 1.82) is 0 Å². The number of pyridine rings is 1. The van der Waals surface area contributed by atoms with E-state index in [2.05, 4.69) is 15.6 Å². The van der Waals surface area contributed by atoms with Crippen LogP contribution in [0.3, 0.4) is 0 Å². The molecule has 5 heteroatoms. The van der Waals surface area contributed by atoms with Gasteiger partial charge in [0.15, 0.2) is 0 Å². The molecule has 0 saturated heterocycles. The number of anilines is 1. The number of hydrogen-bond donors (Lipinski definition) is 2. The molecule has 0 spiro atoms. The van der Waals surface area contributed by atoms with Crippen LogP contribution in [0.2, 0.25) is 0 Å². The summed E-state index contributed by atoms with van der Waals surface area (Å²) in [6.45, 7) is 0.876. The van der Waals surface area contributed by atoms with Gasteiger partial charge in [-0.05, 0) is 41.3 Å². The molecule has 0 unspecified atom stereocenters. The summed E-state index contributed by atoms with van der Waals surface area (Å²) >= 11 is 0. The monoisotopic (exact) mass is 321 g/mol. The number of hydrogen-bond acceptors (Lipinski definition) is 4. The third-order valence-electron chi connectivity index (χ3n) is 3.70. The van der Waals surface area contributed by atoms with Crippen molar-refractivity contribution >= 4 is 22.4 Å². The van der Waals surface area contributed by atoms with Gasteiger partial charge in [-0.2, -0.15) is 0 Å². The van der Waals surface area contributed by atoms with E-state index < -0.39 is 0 Å². The molecule has 0 aliphatic carbocycles. The fourth-order valence-electron chi connectivity index (χ4n) is 2.43. The lowest BCUT2D eigenvalue weighted by atomic mass is 10.1. The number of carbonyl (C=O) groups excluding carboxylic acids is 1. The molecule has 1 heterocycles. The molecule has 3 aromatic rings. The predicted octanol–water partition coefficient (Wildman–Crippen LogP) is 2.97. The van der Waals surface area contributed by atoms with Gasteiger partial charge in [0, 0.05) is 30.0 Å². The highest BCUT2D eigenvalue weighted by Crippen LogP contribution is 2.17. The van der Waals surface area contributed by atoms with E-state index in [0.29, 0.717) is 6.54 Å². The summed E-state index contributed by atoms with van der Waals surface area (Å²) in [5.41, 5.74) is 1.88. The fraction of sp³-hybridized carbons (Fsp3) is 0.158. The Morgan fingerprint density at radius 2 is 1.92 bits per heavy atom. The van der Waals surface area contributed by atoms with Gasteiger partial charge in [-0.1, -0.05) is 18.2 Å². The minimum Gasteiger partial charge on any atom is -0.497 e. The van der Waals surface area contributed by atoms with Crippen molar-refractivity contribution in [3.8, 4) is 5.75 Å². The van der Waals surface area contributed by atoms with Crippen molar-refractivity contribution < 1.29 is 9.53 Å². The second kappa shape index (κ2) is 7.57. The summed E-state index contributed by atoms with van der Waals surface area (Å²) in [6, 6.07) is 15.4. The number of aromatic nitrogens is 1. The summed E-state index contributed by atoms with van der Waals surface area (Å²) in [5, 5.41) is 8.13. The molecule has 24 heavy (non-hydrogen) atoms. The predicted molar refractivity (Wildman–Crippen MR) is 95.1 cm³/mol. The van der Waals surface area contributed by atoms with E-state index in [0.717, 1.165) is 27.8 Å². The van der Waals surface area contributed by atoms with Crippen molar-refractivity contribution in [3.05, 3.63) is 66.5 Å². The van der Waals surface area contributed by atoms with Gasteiger partial charge in [0.2, 0.25) is 5.91 Å². The third kappa shape index (κ3) is 4.08. The normalized spacial score (nSPS) is 10.5. The Bertz CT molecular complexity index is 831. The maximum Gasteiger partial charge on any atom is 0.238 e. The molecule has 0 radical (unpaired) electrons. The maximum atomic E-state index is 12.0. The molecule has 122 valence electrons. The molecule has 2 N–H and O–H groups in total. The van der Waals surface area contributed by atoms with E-state index in [9.17, 15) is 4.79 Å². The molecule has 5 nitrogen and oxygen atoms in total. The first-order chi connectivity index (χ1) is 11.7. The number of carbonyl (C=O) groups is 1. The number of ether oxygens (including phenoxy) is 1. The standard InChI is InChI=1S/C19H19N3O2/c1-24-18-6-2-14(3-7-18)11-21-13-19(23)22-17-5-4-16-12-20-9-8-15(16)10-17/h2-10,12,21H,11,13H2,1H3,(H,22,23). The van der Waals surface area contributed by atoms with Crippen molar-refractivity contribution in [3.63, 3.8) is 0 Å². The van der Waals surface area contributed by atoms with Gasteiger partial charge in [-0.3, -0.25) is 9.78 Å². The third-order valence-corrected chi connectivity index (χ3v) is 3.70. The molecular weight excluding hydrogens is 302 g/mol. The molecule has 0 fully saturated rings. The number of benzene rings is 2. The highest BCUT2D eigenvalue weighted by Gasteiger charge is 2.03. The van der Waals surface area contributed by atoms with Gasteiger partial charge in [0.1, 0.15) is 5.75 Å². The Kier molecular flexibility index (Phi) is 5.03. The fourth-order valence-corrected chi connectivity index (χ4v) is 2.43. The molecule has 0 atom stereocenters. The Balaban J connectivity index is 1.51. The van der Waals surface area contributed by atoms with Crippen LogP contribution in [0.4, 0.5) is 5.69 Å². The van der Waals surface area contributed by atoms with Crippen molar-refractivity contribution in [2.75, 3.05) is 19.0 Å². The molecule has 2 aromatic carbocycles. The van der Waals surface area contributed by atoms with Crippen molar-refractivity contribution in [2.45, 2.75) is 6.54 Å². The second-order valence-corrected chi connectivity index (χ2v) is 5.44. The van der Waals surface area contributed by atoms with Crippen LogP contribution in [0.1, 0.15) is 5.56 Å². The number of fused-ring (bicyclic) bond motifs is 1. The number of methoxy groups -OCH3 is 1. The molecule has 0 saturated carbocycles. The first-order valence-corrected chi connectivity index (χ1v) is 7.72. The van der Waals surface area contributed by atoms with Gasteiger partial charge < -0.3 is 15.4 Å². The van der Waals surface area contributed by atoms with Crippen LogP contribution < -0.4 is 15.4 Å². The number of nitrogens with zero attached hydrogens (tertiary/aromatic N) is 1. The Labute approximate surface area is 140 Å². The largest absolute Gasteiger partial charge is 0.497 e. The number of rotatable bonds is 6. The van der Waals surface area contributed by atoms with Gasteiger partial charge in [0.25, 0.3) is 0 Å². The summed E-state index contributed by atoms with van der Waals surface area (Å²) in [7, 11) is 1.64. The molecule has 0 aliphatic rings. The van der Waals surface area contributed by atoms with E-state index in [1.54, 1.807) is 19.5 Å². The average Bonchev–Trinajstić information content (AvgIpc) is 2.62. The molecule has 0 aliphatic heterocycles. The van der Waals surface area contributed by atoms with Gasteiger partial charge in [-0.15, -0.1) is 0 Å². The van der Waals surface area contributed by atoms with E-state index in [-0.39, 0.29) is 12.5 Å². The van der Waals surface area contributed by atoms with Crippen LogP contribution in [0, 0.1) is 0 Å². The van der Waals surface area contributed by atoms with Crippen LogP contribution in [0.5, 0.6) is 5.75 Å². The lowest BCUT2D eigenvalue weighted by molar-refractivity contribution is -0.115. The summed E-state index contributed by atoms with van der Waals surface area (Å²) in [4.78, 5) is 16.1. The van der Waals surface area contributed by atoms with Gasteiger partial charge in [0.05, 0.1) is 13.7 Å². The second-order valence-electron chi connectivity index (χ2n) is 5.44. The SMILES string of the molecule is COc1ccc(CNCC(=O)Nc2ccc3cnccc3c2)cc1. The van der Waals surface area contributed by atoms with Crippen LogP contribution in [0.25, 0.3) is 10.8 Å². The van der Waals surface area contributed by atoms with E-state index in [1.165, 1.54) is 0 Å². The molecule has 0 bridgehead atoms.